The molecule has 0 aliphatic carbocycles. The Morgan fingerprint density at radius 2 is 2.00 bits per heavy atom. The highest BCUT2D eigenvalue weighted by atomic mass is 35.5. The van der Waals surface area contributed by atoms with Gasteiger partial charge in [0.1, 0.15) is 28.7 Å². The SMILES string of the molecule is Cc1nc2c(-c3ccc(Cl)cc3F)nc([C@H]3CCO[C@@H](c4cnn(C)c4)C3)nc2c(=O)n1C. The van der Waals surface area contributed by atoms with Crippen LogP contribution in [-0.2, 0) is 18.8 Å². The Hall–Kier alpha value is -3.17. The van der Waals surface area contributed by atoms with Gasteiger partial charge in [0.2, 0.25) is 0 Å². The Morgan fingerprint density at radius 3 is 2.73 bits per heavy atom. The molecule has 1 aliphatic heterocycles. The zero-order valence-electron chi connectivity index (χ0n) is 18.4. The van der Waals surface area contributed by atoms with Gasteiger partial charge in [-0.25, -0.2) is 19.3 Å². The van der Waals surface area contributed by atoms with Crippen molar-refractivity contribution in [2.24, 2.45) is 14.1 Å². The third kappa shape index (κ3) is 3.91. The Morgan fingerprint density at radius 1 is 1.18 bits per heavy atom. The van der Waals surface area contributed by atoms with Gasteiger partial charge in [0.25, 0.3) is 5.56 Å². The molecule has 2 atom stereocenters. The summed E-state index contributed by atoms with van der Waals surface area (Å²) in [4.78, 5) is 27.0. The second kappa shape index (κ2) is 8.31. The van der Waals surface area contributed by atoms with Crippen LogP contribution in [0.4, 0.5) is 4.39 Å². The van der Waals surface area contributed by atoms with Crippen LogP contribution in [0.15, 0.2) is 35.4 Å². The number of aromatic nitrogens is 6. The fourth-order valence-electron chi connectivity index (χ4n) is 4.19. The third-order valence-corrected chi connectivity index (χ3v) is 6.33. The topological polar surface area (TPSA) is 87.7 Å². The first-order valence-electron chi connectivity index (χ1n) is 10.6. The van der Waals surface area contributed by atoms with E-state index in [0.29, 0.717) is 31.1 Å². The molecule has 5 rings (SSSR count). The van der Waals surface area contributed by atoms with E-state index in [9.17, 15) is 9.18 Å². The molecule has 0 amide bonds. The van der Waals surface area contributed by atoms with Crippen molar-refractivity contribution in [3.8, 4) is 11.3 Å². The molecule has 0 bridgehead atoms. The fourth-order valence-corrected chi connectivity index (χ4v) is 4.35. The van der Waals surface area contributed by atoms with Crippen molar-refractivity contribution in [3.63, 3.8) is 0 Å². The molecule has 170 valence electrons. The van der Waals surface area contributed by atoms with Gasteiger partial charge in [-0.3, -0.25) is 14.0 Å². The number of rotatable bonds is 3. The molecule has 0 unspecified atom stereocenters. The van der Waals surface area contributed by atoms with Crippen molar-refractivity contribution in [2.75, 3.05) is 6.61 Å². The first kappa shape index (κ1) is 21.7. The van der Waals surface area contributed by atoms with Crippen LogP contribution in [0, 0.1) is 12.7 Å². The molecule has 10 heteroatoms. The number of fused-ring (bicyclic) bond motifs is 1. The molecule has 0 spiro atoms. The van der Waals surface area contributed by atoms with E-state index in [-0.39, 0.29) is 44.9 Å². The number of hydrogen-bond acceptors (Lipinski definition) is 6. The van der Waals surface area contributed by atoms with Gasteiger partial charge in [-0.15, -0.1) is 0 Å². The summed E-state index contributed by atoms with van der Waals surface area (Å²) >= 11 is 5.96. The molecule has 4 aromatic rings. The van der Waals surface area contributed by atoms with Crippen LogP contribution in [-0.4, -0.2) is 35.9 Å². The number of hydrogen-bond donors (Lipinski definition) is 0. The van der Waals surface area contributed by atoms with Crippen molar-refractivity contribution in [1.29, 1.82) is 0 Å². The summed E-state index contributed by atoms with van der Waals surface area (Å²) in [5.41, 5.74) is 1.63. The number of nitrogens with zero attached hydrogens (tertiary/aromatic N) is 6. The lowest BCUT2D eigenvalue weighted by molar-refractivity contribution is 0.00398. The summed E-state index contributed by atoms with van der Waals surface area (Å²) in [6.07, 6.45) is 4.85. The Labute approximate surface area is 194 Å². The lowest BCUT2D eigenvalue weighted by Crippen LogP contribution is -2.25. The monoisotopic (exact) mass is 468 g/mol. The Balaban J connectivity index is 1.67. The lowest BCUT2D eigenvalue weighted by Gasteiger charge is -2.28. The van der Waals surface area contributed by atoms with E-state index >= 15 is 0 Å². The van der Waals surface area contributed by atoms with Crippen LogP contribution in [0.3, 0.4) is 0 Å². The van der Waals surface area contributed by atoms with Gasteiger partial charge in [-0.05, 0) is 38.0 Å². The molecule has 1 aromatic carbocycles. The molecule has 1 aliphatic rings. The zero-order chi connectivity index (χ0) is 23.3. The summed E-state index contributed by atoms with van der Waals surface area (Å²) in [5, 5.41) is 4.51. The van der Waals surface area contributed by atoms with E-state index in [4.69, 9.17) is 21.3 Å². The summed E-state index contributed by atoms with van der Waals surface area (Å²) in [7, 11) is 3.50. The molecular weight excluding hydrogens is 447 g/mol. The van der Waals surface area contributed by atoms with Gasteiger partial charge in [0.05, 0.1) is 12.3 Å². The number of benzene rings is 1. The third-order valence-electron chi connectivity index (χ3n) is 6.10. The molecule has 1 saturated heterocycles. The van der Waals surface area contributed by atoms with Gasteiger partial charge in [0, 0.05) is 49.0 Å². The molecular formula is C23H22ClFN6O2. The maximum atomic E-state index is 14.9. The van der Waals surface area contributed by atoms with Crippen LogP contribution >= 0.6 is 11.6 Å². The minimum absolute atomic E-state index is 0.0755. The second-order valence-electron chi connectivity index (χ2n) is 8.30. The number of ether oxygens (including phenoxy) is 1. The lowest BCUT2D eigenvalue weighted by atomic mass is 9.92. The summed E-state index contributed by atoms with van der Waals surface area (Å²) in [5.74, 6) is 0.358. The zero-order valence-corrected chi connectivity index (χ0v) is 19.2. The van der Waals surface area contributed by atoms with Gasteiger partial charge < -0.3 is 4.74 Å². The predicted octanol–water partition coefficient (Wildman–Crippen LogP) is 3.86. The quantitative estimate of drug-likeness (QED) is 0.453. The summed E-state index contributed by atoms with van der Waals surface area (Å²) in [6.45, 7) is 2.23. The van der Waals surface area contributed by atoms with E-state index in [1.54, 1.807) is 37.0 Å². The second-order valence-corrected chi connectivity index (χ2v) is 8.74. The van der Waals surface area contributed by atoms with E-state index in [2.05, 4.69) is 15.1 Å². The Bertz CT molecular complexity index is 1430. The normalized spacial score (nSPS) is 18.7. The number of aryl methyl sites for hydroxylation is 2. The maximum Gasteiger partial charge on any atom is 0.279 e. The van der Waals surface area contributed by atoms with Crippen molar-refractivity contribution < 1.29 is 9.13 Å². The van der Waals surface area contributed by atoms with E-state index in [0.717, 1.165) is 5.56 Å². The molecule has 1 fully saturated rings. The van der Waals surface area contributed by atoms with Crippen LogP contribution in [0.5, 0.6) is 0 Å². The van der Waals surface area contributed by atoms with Gasteiger partial charge in [0.15, 0.2) is 5.52 Å². The average molecular weight is 469 g/mol. The van der Waals surface area contributed by atoms with Gasteiger partial charge in [-0.1, -0.05) is 11.6 Å². The molecule has 3 aromatic heterocycles. The van der Waals surface area contributed by atoms with Crippen molar-refractivity contribution in [2.45, 2.75) is 31.8 Å². The van der Waals surface area contributed by atoms with Crippen LogP contribution in [0.2, 0.25) is 5.02 Å². The molecule has 8 nitrogen and oxygen atoms in total. The summed E-state index contributed by atoms with van der Waals surface area (Å²) in [6, 6.07) is 4.37. The molecule has 33 heavy (non-hydrogen) atoms. The van der Waals surface area contributed by atoms with E-state index < -0.39 is 5.82 Å². The maximum absolute atomic E-state index is 14.9. The van der Waals surface area contributed by atoms with Crippen LogP contribution in [0.25, 0.3) is 22.3 Å². The van der Waals surface area contributed by atoms with Crippen molar-refractivity contribution in [3.05, 3.63) is 69.0 Å². The molecule has 0 saturated carbocycles. The predicted molar refractivity (Wildman–Crippen MR) is 122 cm³/mol. The molecule has 4 heterocycles. The van der Waals surface area contributed by atoms with Crippen LogP contribution < -0.4 is 5.56 Å². The highest BCUT2D eigenvalue weighted by molar-refractivity contribution is 6.30. The molecule has 0 N–H and O–H groups in total. The standard InChI is InChI=1S/C23H22ClFN6O2/c1-12-27-20-19(16-5-4-15(24)9-17(16)25)28-22(29-21(20)23(32)31(12)3)13-6-7-33-18(8-13)14-10-26-30(2)11-14/h4-5,9-11,13,18H,6-8H2,1-3H3/t13-,18+/m0/s1. The smallest absolute Gasteiger partial charge is 0.279 e. The van der Waals surface area contributed by atoms with E-state index in [1.165, 1.54) is 10.6 Å². The van der Waals surface area contributed by atoms with Gasteiger partial charge >= 0.3 is 0 Å². The van der Waals surface area contributed by atoms with E-state index in [1.807, 2.05) is 13.2 Å². The minimum Gasteiger partial charge on any atom is -0.373 e. The first-order chi connectivity index (χ1) is 15.8. The average Bonchev–Trinajstić information content (AvgIpc) is 3.24. The van der Waals surface area contributed by atoms with Crippen molar-refractivity contribution >= 4 is 22.6 Å². The minimum atomic E-state index is -0.534. The first-order valence-corrected chi connectivity index (χ1v) is 11.0. The molecule has 0 radical (unpaired) electrons. The largest absolute Gasteiger partial charge is 0.373 e. The Kier molecular flexibility index (Phi) is 5.46. The fraction of sp³-hybridized carbons (Fsp3) is 0.348. The van der Waals surface area contributed by atoms with Crippen molar-refractivity contribution in [1.82, 2.24) is 29.3 Å². The van der Waals surface area contributed by atoms with Crippen LogP contribution in [0.1, 0.15) is 42.1 Å². The van der Waals surface area contributed by atoms with Gasteiger partial charge in [-0.2, -0.15) is 5.10 Å². The highest BCUT2D eigenvalue weighted by Crippen LogP contribution is 2.37. The summed E-state index contributed by atoms with van der Waals surface area (Å²) < 4.78 is 24.0. The highest BCUT2D eigenvalue weighted by Gasteiger charge is 2.29. The number of halogens is 2.